The molecule has 2 saturated heterocycles. The molecule has 0 radical (unpaired) electrons. The van der Waals surface area contributed by atoms with Crippen LogP contribution in [0.4, 0.5) is 0 Å². The number of aliphatic hydroxyl groups excluding tert-OH is 2. The van der Waals surface area contributed by atoms with Crippen LogP contribution < -0.4 is 5.32 Å². The van der Waals surface area contributed by atoms with Crippen LogP contribution in [-0.2, 0) is 4.79 Å². The van der Waals surface area contributed by atoms with Gasteiger partial charge in [-0.15, -0.1) is 0 Å². The summed E-state index contributed by atoms with van der Waals surface area (Å²) in [5.74, 6) is 0.0680. The Hall–Kier alpha value is -0.650. The molecule has 3 N–H and O–H groups in total. The van der Waals surface area contributed by atoms with Gasteiger partial charge in [0.2, 0.25) is 5.91 Å². The van der Waals surface area contributed by atoms with Gasteiger partial charge in [0.1, 0.15) is 0 Å². The highest BCUT2D eigenvalue weighted by molar-refractivity contribution is 5.82. The molecule has 0 aromatic heterocycles. The number of amides is 1. The van der Waals surface area contributed by atoms with E-state index in [0.29, 0.717) is 38.9 Å². The monoisotopic (exact) mass is 214 g/mol. The van der Waals surface area contributed by atoms with Gasteiger partial charge in [-0.25, -0.2) is 0 Å². The van der Waals surface area contributed by atoms with Crippen molar-refractivity contribution in [1.29, 1.82) is 0 Å². The Labute approximate surface area is 89.1 Å². The van der Waals surface area contributed by atoms with Crippen LogP contribution in [-0.4, -0.2) is 58.9 Å². The average molecular weight is 214 g/mol. The molecule has 2 aliphatic rings. The summed E-state index contributed by atoms with van der Waals surface area (Å²) in [6.07, 6.45) is 1.20. The predicted octanol–water partition coefficient (Wildman–Crippen LogP) is -1.31. The Morgan fingerprint density at radius 1 is 1.20 bits per heavy atom. The van der Waals surface area contributed by atoms with Gasteiger partial charge in [-0.3, -0.25) is 4.79 Å². The topological polar surface area (TPSA) is 72.8 Å². The van der Waals surface area contributed by atoms with Gasteiger partial charge in [-0.05, 0) is 19.3 Å². The van der Waals surface area contributed by atoms with Crippen LogP contribution in [0.5, 0.6) is 0 Å². The molecular weight excluding hydrogens is 196 g/mol. The lowest BCUT2D eigenvalue weighted by Crippen LogP contribution is -2.47. The van der Waals surface area contributed by atoms with Crippen LogP contribution in [0.15, 0.2) is 0 Å². The molecule has 2 heterocycles. The van der Waals surface area contributed by atoms with Crippen molar-refractivity contribution in [3.05, 3.63) is 0 Å². The first-order valence-electron chi connectivity index (χ1n) is 5.55. The van der Waals surface area contributed by atoms with Gasteiger partial charge in [0.15, 0.2) is 0 Å². The maximum absolute atomic E-state index is 11.9. The molecule has 0 aromatic rings. The summed E-state index contributed by atoms with van der Waals surface area (Å²) in [6.45, 7) is 1.77. The molecule has 0 aromatic carbocycles. The minimum Gasteiger partial charge on any atom is -0.393 e. The van der Waals surface area contributed by atoms with E-state index in [2.05, 4.69) is 5.32 Å². The van der Waals surface area contributed by atoms with E-state index in [4.69, 9.17) is 0 Å². The molecule has 15 heavy (non-hydrogen) atoms. The van der Waals surface area contributed by atoms with Crippen molar-refractivity contribution in [1.82, 2.24) is 10.2 Å². The van der Waals surface area contributed by atoms with E-state index < -0.39 is 6.10 Å². The highest BCUT2D eigenvalue weighted by Gasteiger charge is 2.32. The number of carbonyl (C=O) groups is 1. The molecule has 5 nitrogen and oxygen atoms in total. The fraction of sp³-hybridized carbons (Fsp3) is 0.900. The van der Waals surface area contributed by atoms with Gasteiger partial charge in [-0.1, -0.05) is 0 Å². The summed E-state index contributed by atoms with van der Waals surface area (Å²) in [5.41, 5.74) is 0. The van der Waals surface area contributed by atoms with Gasteiger partial charge < -0.3 is 20.4 Å². The SMILES string of the molecule is O=C(C1CC(O)CN1)N1CCC(O)CC1. The highest BCUT2D eigenvalue weighted by atomic mass is 16.3. The molecule has 2 aliphatic heterocycles. The lowest BCUT2D eigenvalue weighted by Gasteiger charge is -2.31. The first-order valence-corrected chi connectivity index (χ1v) is 5.55. The average Bonchev–Trinajstić information content (AvgIpc) is 2.65. The first kappa shape index (κ1) is 10.9. The number of likely N-dealkylation sites (tertiary alicyclic amines) is 1. The molecular formula is C10H18N2O3. The normalized spacial score (nSPS) is 33.3. The van der Waals surface area contributed by atoms with Crippen LogP contribution in [0, 0.1) is 0 Å². The Balaban J connectivity index is 1.85. The van der Waals surface area contributed by atoms with Crippen LogP contribution in [0.3, 0.4) is 0 Å². The Bertz CT molecular complexity index is 239. The number of rotatable bonds is 1. The van der Waals surface area contributed by atoms with E-state index in [0.717, 1.165) is 0 Å². The van der Waals surface area contributed by atoms with E-state index in [1.807, 2.05) is 0 Å². The zero-order valence-electron chi connectivity index (χ0n) is 8.72. The molecule has 2 fully saturated rings. The van der Waals surface area contributed by atoms with Crippen LogP contribution in [0.2, 0.25) is 0 Å². The number of carbonyl (C=O) groups excluding carboxylic acids is 1. The van der Waals surface area contributed by atoms with Gasteiger partial charge in [0.25, 0.3) is 0 Å². The Kier molecular flexibility index (Phi) is 3.23. The van der Waals surface area contributed by atoms with E-state index in [1.165, 1.54) is 0 Å². The van der Waals surface area contributed by atoms with E-state index >= 15 is 0 Å². The zero-order valence-corrected chi connectivity index (χ0v) is 8.72. The fourth-order valence-corrected chi connectivity index (χ4v) is 2.21. The molecule has 1 amide bonds. The van der Waals surface area contributed by atoms with E-state index in [1.54, 1.807) is 4.90 Å². The summed E-state index contributed by atoms with van der Waals surface area (Å²) in [6, 6.07) is -0.227. The smallest absolute Gasteiger partial charge is 0.239 e. The second-order valence-electron chi connectivity index (χ2n) is 4.41. The van der Waals surface area contributed by atoms with Gasteiger partial charge >= 0.3 is 0 Å². The minimum atomic E-state index is -0.394. The quantitative estimate of drug-likeness (QED) is 0.507. The molecule has 0 bridgehead atoms. The molecule has 5 heteroatoms. The predicted molar refractivity (Wildman–Crippen MR) is 54.2 cm³/mol. The van der Waals surface area contributed by atoms with Crippen molar-refractivity contribution in [3.8, 4) is 0 Å². The first-order chi connectivity index (χ1) is 7.16. The van der Waals surface area contributed by atoms with Crippen LogP contribution in [0.1, 0.15) is 19.3 Å². The third-order valence-electron chi connectivity index (χ3n) is 3.18. The second-order valence-corrected chi connectivity index (χ2v) is 4.41. The van der Waals surface area contributed by atoms with Crippen molar-refractivity contribution in [2.75, 3.05) is 19.6 Å². The number of β-amino-alcohol motifs (C(OH)–C–C–N with tert-alkyl or cyclic N) is 1. The standard InChI is InChI=1S/C10H18N2O3/c13-7-1-3-12(4-2-7)10(15)9-5-8(14)6-11-9/h7-9,11,13-14H,1-6H2. The number of aliphatic hydroxyl groups is 2. The van der Waals surface area contributed by atoms with Gasteiger partial charge in [0, 0.05) is 19.6 Å². The lowest BCUT2D eigenvalue weighted by atomic mass is 10.1. The van der Waals surface area contributed by atoms with Crippen molar-refractivity contribution < 1.29 is 15.0 Å². The minimum absolute atomic E-state index is 0.0680. The van der Waals surface area contributed by atoms with Crippen LogP contribution >= 0.6 is 0 Å². The van der Waals surface area contributed by atoms with Gasteiger partial charge in [0.05, 0.1) is 18.2 Å². The summed E-state index contributed by atoms with van der Waals surface area (Å²) < 4.78 is 0. The second kappa shape index (κ2) is 4.47. The molecule has 2 rings (SSSR count). The van der Waals surface area contributed by atoms with Crippen LogP contribution in [0.25, 0.3) is 0 Å². The molecule has 0 spiro atoms. The number of piperidine rings is 1. The Morgan fingerprint density at radius 2 is 1.87 bits per heavy atom. The summed E-state index contributed by atoms with van der Waals surface area (Å²) in [7, 11) is 0. The molecule has 2 atom stereocenters. The molecule has 0 saturated carbocycles. The largest absolute Gasteiger partial charge is 0.393 e. The lowest BCUT2D eigenvalue weighted by molar-refractivity contribution is -0.135. The molecule has 86 valence electrons. The number of hydrogen-bond acceptors (Lipinski definition) is 4. The number of hydrogen-bond donors (Lipinski definition) is 3. The van der Waals surface area contributed by atoms with E-state index in [-0.39, 0.29) is 18.1 Å². The van der Waals surface area contributed by atoms with Crippen molar-refractivity contribution in [2.45, 2.75) is 37.5 Å². The fourth-order valence-electron chi connectivity index (χ4n) is 2.21. The number of nitrogens with one attached hydrogen (secondary N) is 1. The third kappa shape index (κ3) is 2.48. The van der Waals surface area contributed by atoms with E-state index in [9.17, 15) is 15.0 Å². The maximum atomic E-state index is 11.9. The maximum Gasteiger partial charge on any atom is 0.239 e. The zero-order chi connectivity index (χ0) is 10.8. The number of nitrogens with zero attached hydrogens (tertiary/aromatic N) is 1. The van der Waals surface area contributed by atoms with Crippen molar-refractivity contribution >= 4 is 5.91 Å². The summed E-state index contributed by atoms with van der Waals surface area (Å²) in [4.78, 5) is 13.7. The molecule has 2 unspecified atom stereocenters. The Morgan fingerprint density at radius 3 is 2.40 bits per heavy atom. The third-order valence-corrected chi connectivity index (χ3v) is 3.18. The molecule has 0 aliphatic carbocycles. The summed E-state index contributed by atoms with van der Waals surface area (Å²) >= 11 is 0. The highest BCUT2D eigenvalue weighted by Crippen LogP contribution is 2.14. The van der Waals surface area contributed by atoms with Gasteiger partial charge in [-0.2, -0.15) is 0 Å². The van der Waals surface area contributed by atoms with Crippen molar-refractivity contribution in [3.63, 3.8) is 0 Å². The van der Waals surface area contributed by atoms with Crippen molar-refractivity contribution in [2.24, 2.45) is 0 Å². The summed E-state index contributed by atoms with van der Waals surface area (Å²) in [5, 5.41) is 21.6.